The van der Waals surface area contributed by atoms with E-state index in [1.165, 1.54) is 0 Å². The molecule has 0 aliphatic carbocycles. The lowest BCUT2D eigenvalue weighted by Gasteiger charge is -1.98. The van der Waals surface area contributed by atoms with Crippen molar-refractivity contribution < 1.29 is 0 Å². The van der Waals surface area contributed by atoms with Crippen LogP contribution in [0, 0.1) is 20.8 Å². The maximum atomic E-state index is 4.30. The summed E-state index contributed by atoms with van der Waals surface area (Å²) >= 11 is 0. The first-order chi connectivity index (χ1) is 14.5. The number of aromatic nitrogens is 6. The van der Waals surface area contributed by atoms with Crippen molar-refractivity contribution in [1.82, 2.24) is 29.9 Å². The SMILES string of the molecule is CCCc1cnc(C)cn1.CCCc1cncc(C)n1.CCCc1nccnc1C. The van der Waals surface area contributed by atoms with Gasteiger partial charge in [-0.25, -0.2) is 0 Å². The van der Waals surface area contributed by atoms with Crippen molar-refractivity contribution in [3.63, 3.8) is 0 Å². The van der Waals surface area contributed by atoms with E-state index in [0.717, 1.165) is 72.7 Å². The molecule has 6 heteroatoms. The fourth-order valence-corrected chi connectivity index (χ4v) is 2.62. The molecule has 6 nitrogen and oxygen atoms in total. The van der Waals surface area contributed by atoms with Gasteiger partial charge in [0.15, 0.2) is 0 Å². The number of hydrogen-bond donors (Lipinski definition) is 0. The second kappa shape index (κ2) is 15.1. The lowest BCUT2D eigenvalue weighted by molar-refractivity contribution is 0.852. The normalized spacial score (nSPS) is 9.80. The highest BCUT2D eigenvalue weighted by Gasteiger charge is 1.96. The predicted octanol–water partition coefficient (Wildman–Crippen LogP) is 5.21. The zero-order valence-electron chi connectivity index (χ0n) is 19.4. The van der Waals surface area contributed by atoms with Gasteiger partial charge in [0, 0.05) is 37.2 Å². The fraction of sp³-hybridized carbons (Fsp3) is 0.500. The van der Waals surface area contributed by atoms with Gasteiger partial charge in [-0.2, -0.15) is 0 Å². The summed E-state index contributed by atoms with van der Waals surface area (Å²) in [6.07, 6.45) is 17.3. The molecule has 0 aliphatic heterocycles. The lowest BCUT2D eigenvalue weighted by Crippen LogP contribution is -1.94. The van der Waals surface area contributed by atoms with Gasteiger partial charge in [0.25, 0.3) is 0 Å². The molecule has 0 aromatic carbocycles. The summed E-state index contributed by atoms with van der Waals surface area (Å²) in [5.41, 5.74) is 6.37. The van der Waals surface area contributed by atoms with Crippen LogP contribution < -0.4 is 0 Å². The molecule has 0 amide bonds. The van der Waals surface area contributed by atoms with Crippen molar-refractivity contribution >= 4 is 0 Å². The van der Waals surface area contributed by atoms with E-state index < -0.39 is 0 Å². The maximum absolute atomic E-state index is 4.30. The van der Waals surface area contributed by atoms with Crippen LogP contribution in [0.2, 0.25) is 0 Å². The van der Waals surface area contributed by atoms with Gasteiger partial charge in [0.05, 0.1) is 34.2 Å². The average Bonchev–Trinajstić information content (AvgIpc) is 2.73. The molecule has 3 aromatic rings. The van der Waals surface area contributed by atoms with Crippen LogP contribution in [0.25, 0.3) is 0 Å². The number of aryl methyl sites for hydroxylation is 6. The minimum absolute atomic E-state index is 0.986. The van der Waals surface area contributed by atoms with E-state index >= 15 is 0 Å². The van der Waals surface area contributed by atoms with Crippen LogP contribution in [-0.4, -0.2) is 29.9 Å². The van der Waals surface area contributed by atoms with Gasteiger partial charge < -0.3 is 0 Å². The summed E-state index contributed by atoms with van der Waals surface area (Å²) in [4.78, 5) is 25.0. The molecule has 0 fully saturated rings. The topological polar surface area (TPSA) is 77.3 Å². The number of rotatable bonds is 6. The summed E-state index contributed by atoms with van der Waals surface area (Å²) < 4.78 is 0. The predicted molar refractivity (Wildman–Crippen MR) is 122 cm³/mol. The lowest BCUT2D eigenvalue weighted by atomic mass is 10.2. The second-order valence-corrected chi connectivity index (χ2v) is 7.14. The van der Waals surface area contributed by atoms with Crippen LogP contribution in [0.5, 0.6) is 0 Å². The molecule has 3 heterocycles. The van der Waals surface area contributed by atoms with Crippen molar-refractivity contribution in [3.05, 3.63) is 71.3 Å². The van der Waals surface area contributed by atoms with Crippen molar-refractivity contribution in [2.45, 2.75) is 80.1 Å². The first-order valence-corrected chi connectivity index (χ1v) is 10.8. The molecule has 30 heavy (non-hydrogen) atoms. The van der Waals surface area contributed by atoms with Gasteiger partial charge in [-0.1, -0.05) is 40.0 Å². The summed E-state index contributed by atoms with van der Waals surface area (Å²) in [7, 11) is 0. The van der Waals surface area contributed by atoms with Crippen molar-refractivity contribution in [2.75, 3.05) is 0 Å². The minimum atomic E-state index is 0.986. The van der Waals surface area contributed by atoms with Crippen molar-refractivity contribution in [2.24, 2.45) is 0 Å². The molecule has 162 valence electrons. The van der Waals surface area contributed by atoms with Gasteiger partial charge in [0.1, 0.15) is 0 Å². The Hall–Kier alpha value is -2.76. The maximum Gasteiger partial charge on any atom is 0.0615 e. The van der Waals surface area contributed by atoms with Crippen LogP contribution in [-0.2, 0) is 19.3 Å². The quantitative estimate of drug-likeness (QED) is 0.557. The molecule has 3 rings (SSSR count). The van der Waals surface area contributed by atoms with Gasteiger partial charge in [0.2, 0.25) is 0 Å². The molecule has 0 saturated carbocycles. The Bertz CT molecular complexity index is 833. The van der Waals surface area contributed by atoms with E-state index in [-0.39, 0.29) is 0 Å². The molecule has 0 aliphatic rings. The molecule has 3 aromatic heterocycles. The Kier molecular flexibility index (Phi) is 12.7. The smallest absolute Gasteiger partial charge is 0.0615 e. The van der Waals surface area contributed by atoms with E-state index in [9.17, 15) is 0 Å². The van der Waals surface area contributed by atoms with Crippen molar-refractivity contribution in [1.29, 1.82) is 0 Å². The Morgan fingerprint density at radius 3 is 1.83 bits per heavy atom. The first-order valence-electron chi connectivity index (χ1n) is 10.8. The highest BCUT2D eigenvalue weighted by molar-refractivity contribution is 5.07. The van der Waals surface area contributed by atoms with Crippen molar-refractivity contribution in [3.8, 4) is 0 Å². The van der Waals surface area contributed by atoms with Crippen LogP contribution in [0.3, 0.4) is 0 Å². The molecule has 0 N–H and O–H groups in total. The van der Waals surface area contributed by atoms with Crippen LogP contribution in [0.15, 0.2) is 37.2 Å². The van der Waals surface area contributed by atoms with Gasteiger partial charge in [-0.15, -0.1) is 0 Å². The molecular weight excluding hydrogens is 372 g/mol. The van der Waals surface area contributed by atoms with E-state index in [0.29, 0.717) is 0 Å². The molecule has 0 radical (unpaired) electrons. The Morgan fingerprint density at radius 2 is 1.27 bits per heavy atom. The van der Waals surface area contributed by atoms with E-state index in [2.05, 4.69) is 50.7 Å². The second-order valence-electron chi connectivity index (χ2n) is 7.14. The molecule has 0 atom stereocenters. The van der Waals surface area contributed by atoms with Crippen LogP contribution >= 0.6 is 0 Å². The third kappa shape index (κ3) is 10.7. The van der Waals surface area contributed by atoms with E-state index in [4.69, 9.17) is 0 Å². The van der Waals surface area contributed by atoms with Gasteiger partial charge in [-0.3, -0.25) is 29.9 Å². The molecular formula is C24H36N6. The largest absolute Gasteiger partial charge is 0.261 e. The van der Waals surface area contributed by atoms with E-state index in [1.807, 2.05) is 39.4 Å². The zero-order valence-corrected chi connectivity index (χ0v) is 19.4. The standard InChI is InChI=1S/3C8H12N2/c1-3-4-8-6-9-7(2)5-10-8;1-3-4-8-6-9-5-7(2)10-8;1-3-4-8-7(2)9-5-6-10-8/h3*5-6H,3-4H2,1-2H3. The molecule has 0 saturated heterocycles. The third-order valence-electron chi connectivity index (χ3n) is 4.12. The number of hydrogen-bond acceptors (Lipinski definition) is 6. The molecule has 0 unspecified atom stereocenters. The van der Waals surface area contributed by atoms with E-state index in [1.54, 1.807) is 18.6 Å². The highest BCUT2D eigenvalue weighted by atomic mass is 14.8. The molecule has 0 spiro atoms. The first kappa shape index (κ1) is 25.3. The zero-order chi connectivity index (χ0) is 22.2. The summed E-state index contributed by atoms with van der Waals surface area (Å²) in [5.74, 6) is 0. The Balaban J connectivity index is 0.000000225. The number of nitrogens with zero attached hydrogens (tertiary/aromatic N) is 6. The summed E-state index contributed by atoms with van der Waals surface area (Å²) in [5, 5.41) is 0. The minimum Gasteiger partial charge on any atom is -0.261 e. The summed E-state index contributed by atoms with van der Waals surface area (Å²) in [6.45, 7) is 12.3. The Morgan fingerprint density at radius 1 is 0.600 bits per heavy atom. The van der Waals surface area contributed by atoms with Gasteiger partial charge in [-0.05, 0) is 40.0 Å². The average molecular weight is 409 g/mol. The van der Waals surface area contributed by atoms with Gasteiger partial charge >= 0.3 is 0 Å². The van der Waals surface area contributed by atoms with Crippen LogP contribution in [0.4, 0.5) is 0 Å². The monoisotopic (exact) mass is 408 g/mol. The summed E-state index contributed by atoms with van der Waals surface area (Å²) in [6, 6.07) is 0. The third-order valence-corrected chi connectivity index (χ3v) is 4.12. The Labute approximate surface area is 181 Å². The van der Waals surface area contributed by atoms with Crippen LogP contribution in [0.1, 0.15) is 74.2 Å². The fourth-order valence-electron chi connectivity index (χ4n) is 2.62. The highest BCUT2D eigenvalue weighted by Crippen LogP contribution is 2.01. The molecule has 0 bridgehead atoms.